The predicted octanol–water partition coefficient (Wildman–Crippen LogP) is 6.96. The number of ketones is 1. The van der Waals surface area contributed by atoms with E-state index in [-0.39, 0.29) is 29.3 Å². The highest BCUT2D eigenvalue weighted by molar-refractivity contribution is 5.78. The van der Waals surface area contributed by atoms with Crippen molar-refractivity contribution in [1.82, 2.24) is 9.80 Å². The average molecular weight is 635 g/mol. The second-order valence-corrected chi connectivity index (χ2v) is 14.4. The Morgan fingerprint density at radius 3 is 2.34 bits per heavy atom. The van der Waals surface area contributed by atoms with Crippen molar-refractivity contribution in [3.05, 3.63) is 95.1 Å². The van der Waals surface area contributed by atoms with Gasteiger partial charge in [0.25, 0.3) is 0 Å². The third-order valence-electron chi connectivity index (χ3n) is 11.7. The SMILES string of the molecule is COc1ccc2c3c1O[C@H]1[C@H](N(CCCc4ccccc4)C(=O)CCCCCc4ccccc4)CC[C@H]4[C@@H](C2)N(CC(C)=O)CC[C@@]341. The van der Waals surface area contributed by atoms with Crippen molar-refractivity contribution in [1.29, 1.82) is 0 Å². The number of likely N-dealkylation sites (tertiary alicyclic amines) is 1. The molecule has 2 heterocycles. The number of amides is 1. The van der Waals surface area contributed by atoms with Crippen LogP contribution in [0.3, 0.4) is 0 Å². The van der Waals surface area contributed by atoms with Crippen molar-refractivity contribution >= 4 is 11.7 Å². The number of methoxy groups -OCH3 is 1. The number of unbranched alkanes of at least 4 members (excludes halogenated alkanes) is 2. The molecule has 6 heteroatoms. The molecule has 2 aliphatic heterocycles. The van der Waals surface area contributed by atoms with Crippen molar-refractivity contribution < 1.29 is 19.1 Å². The Labute approximate surface area is 280 Å². The summed E-state index contributed by atoms with van der Waals surface area (Å²) in [6.45, 7) is 3.85. The number of nitrogens with zero attached hydrogens (tertiary/aromatic N) is 2. The molecule has 3 aromatic carbocycles. The molecule has 5 atom stereocenters. The van der Waals surface area contributed by atoms with Gasteiger partial charge in [-0.2, -0.15) is 0 Å². The Kier molecular flexibility index (Phi) is 9.40. The third kappa shape index (κ3) is 6.10. The lowest BCUT2D eigenvalue weighted by Gasteiger charge is -2.60. The molecule has 1 spiro atoms. The van der Waals surface area contributed by atoms with Gasteiger partial charge in [-0.1, -0.05) is 73.2 Å². The number of carbonyl (C=O) groups excluding carboxylic acids is 2. The van der Waals surface area contributed by atoms with E-state index < -0.39 is 0 Å². The lowest BCUT2D eigenvalue weighted by atomic mass is 9.51. The number of hydrogen-bond donors (Lipinski definition) is 0. The van der Waals surface area contributed by atoms with Gasteiger partial charge in [-0.3, -0.25) is 14.5 Å². The first-order valence-corrected chi connectivity index (χ1v) is 18.0. The number of rotatable bonds is 14. The van der Waals surface area contributed by atoms with Gasteiger partial charge < -0.3 is 14.4 Å². The van der Waals surface area contributed by atoms with Gasteiger partial charge in [0.05, 0.1) is 19.7 Å². The molecule has 2 aliphatic carbocycles. The van der Waals surface area contributed by atoms with E-state index in [2.05, 4.69) is 82.6 Å². The molecule has 1 saturated carbocycles. The lowest BCUT2D eigenvalue weighted by molar-refractivity contribution is -0.143. The summed E-state index contributed by atoms with van der Waals surface area (Å²) in [5.74, 6) is 2.61. The van der Waals surface area contributed by atoms with Gasteiger partial charge in [-0.05, 0) is 99.9 Å². The number of ether oxygens (including phenoxy) is 2. The van der Waals surface area contributed by atoms with Crippen LogP contribution in [0.1, 0.15) is 80.5 Å². The second-order valence-electron chi connectivity index (χ2n) is 14.4. The summed E-state index contributed by atoms with van der Waals surface area (Å²) >= 11 is 0. The third-order valence-corrected chi connectivity index (χ3v) is 11.7. The number of Topliss-reactive ketones (excluding diaryl/α,β-unsaturated/α-hetero) is 1. The van der Waals surface area contributed by atoms with E-state index in [9.17, 15) is 9.59 Å². The molecular formula is C41H50N2O4. The topological polar surface area (TPSA) is 59.1 Å². The number of piperidine rings is 1. The normalized spacial score (nSPS) is 25.5. The number of carbonyl (C=O) groups is 2. The van der Waals surface area contributed by atoms with E-state index in [0.29, 0.717) is 24.9 Å². The predicted molar refractivity (Wildman–Crippen MR) is 185 cm³/mol. The fourth-order valence-electron chi connectivity index (χ4n) is 9.69. The Bertz CT molecular complexity index is 1560. The van der Waals surface area contributed by atoms with E-state index in [1.165, 1.54) is 22.3 Å². The second kappa shape index (κ2) is 13.8. The number of aryl methyl sites for hydroxylation is 2. The van der Waals surface area contributed by atoms with Gasteiger partial charge in [-0.15, -0.1) is 0 Å². The summed E-state index contributed by atoms with van der Waals surface area (Å²) in [4.78, 5) is 31.3. The maximum atomic E-state index is 14.3. The first-order valence-electron chi connectivity index (χ1n) is 18.0. The van der Waals surface area contributed by atoms with E-state index in [4.69, 9.17) is 9.47 Å². The largest absolute Gasteiger partial charge is 0.493 e. The van der Waals surface area contributed by atoms with Crippen molar-refractivity contribution in [2.75, 3.05) is 26.7 Å². The Morgan fingerprint density at radius 2 is 1.64 bits per heavy atom. The van der Waals surface area contributed by atoms with Crippen LogP contribution in [0.4, 0.5) is 0 Å². The maximum Gasteiger partial charge on any atom is 0.222 e. The van der Waals surface area contributed by atoms with E-state index >= 15 is 0 Å². The van der Waals surface area contributed by atoms with Gasteiger partial charge >= 0.3 is 0 Å². The average Bonchev–Trinajstić information content (AvgIpc) is 3.44. The lowest BCUT2D eigenvalue weighted by Crippen LogP contribution is -2.69. The Hall–Kier alpha value is -3.64. The van der Waals surface area contributed by atoms with Gasteiger partial charge in [0, 0.05) is 30.0 Å². The van der Waals surface area contributed by atoms with Gasteiger partial charge in [-0.25, -0.2) is 0 Å². The molecule has 0 radical (unpaired) electrons. The highest BCUT2D eigenvalue weighted by Crippen LogP contribution is 2.64. The van der Waals surface area contributed by atoms with Crippen LogP contribution in [0.2, 0.25) is 0 Å². The summed E-state index contributed by atoms with van der Waals surface area (Å²) in [5.41, 5.74) is 5.19. The first-order chi connectivity index (χ1) is 23.0. The van der Waals surface area contributed by atoms with Crippen LogP contribution in [0.15, 0.2) is 72.8 Å². The zero-order valence-corrected chi connectivity index (χ0v) is 28.2. The van der Waals surface area contributed by atoms with Crippen LogP contribution in [0.5, 0.6) is 11.5 Å². The highest BCUT2D eigenvalue weighted by atomic mass is 16.5. The number of hydrogen-bond acceptors (Lipinski definition) is 5. The summed E-state index contributed by atoms with van der Waals surface area (Å²) in [6.07, 6.45) is 10.3. The van der Waals surface area contributed by atoms with Crippen LogP contribution in [-0.2, 0) is 34.3 Å². The van der Waals surface area contributed by atoms with Gasteiger partial charge in [0.15, 0.2) is 11.5 Å². The summed E-state index contributed by atoms with van der Waals surface area (Å²) in [6, 6.07) is 25.9. The Morgan fingerprint density at radius 1 is 0.915 bits per heavy atom. The highest BCUT2D eigenvalue weighted by Gasteiger charge is 2.66. The molecule has 1 saturated heterocycles. The molecule has 7 rings (SSSR count). The fourth-order valence-corrected chi connectivity index (χ4v) is 9.69. The molecule has 0 unspecified atom stereocenters. The van der Waals surface area contributed by atoms with Crippen LogP contribution in [0, 0.1) is 5.92 Å². The smallest absolute Gasteiger partial charge is 0.222 e. The van der Waals surface area contributed by atoms with Crippen LogP contribution >= 0.6 is 0 Å². The monoisotopic (exact) mass is 634 g/mol. The molecule has 4 aliphatic rings. The van der Waals surface area contributed by atoms with Crippen molar-refractivity contribution in [3.8, 4) is 11.5 Å². The summed E-state index contributed by atoms with van der Waals surface area (Å²) in [5, 5.41) is 0. The maximum absolute atomic E-state index is 14.3. The van der Waals surface area contributed by atoms with E-state index in [0.717, 1.165) is 88.8 Å². The molecule has 248 valence electrons. The Balaban J connectivity index is 1.14. The molecule has 2 fully saturated rings. The first kappa shape index (κ1) is 31.9. The van der Waals surface area contributed by atoms with E-state index in [1.807, 2.05) is 0 Å². The van der Waals surface area contributed by atoms with Crippen molar-refractivity contribution in [2.24, 2.45) is 5.92 Å². The summed E-state index contributed by atoms with van der Waals surface area (Å²) in [7, 11) is 1.73. The van der Waals surface area contributed by atoms with Crippen LogP contribution in [0.25, 0.3) is 0 Å². The minimum Gasteiger partial charge on any atom is -0.493 e. The quantitative estimate of drug-likeness (QED) is 0.180. The van der Waals surface area contributed by atoms with Crippen molar-refractivity contribution in [2.45, 2.75) is 101 Å². The van der Waals surface area contributed by atoms with Crippen LogP contribution in [-0.4, -0.2) is 66.4 Å². The molecule has 47 heavy (non-hydrogen) atoms. The molecule has 3 aromatic rings. The van der Waals surface area contributed by atoms with Gasteiger partial charge in [0.2, 0.25) is 5.91 Å². The zero-order valence-electron chi connectivity index (χ0n) is 28.2. The van der Waals surface area contributed by atoms with Crippen LogP contribution < -0.4 is 9.47 Å². The van der Waals surface area contributed by atoms with Gasteiger partial charge in [0.1, 0.15) is 11.9 Å². The molecule has 6 nitrogen and oxygen atoms in total. The van der Waals surface area contributed by atoms with E-state index in [1.54, 1.807) is 14.0 Å². The molecule has 0 aromatic heterocycles. The molecular weight excluding hydrogens is 584 g/mol. The fraction of sp³-hybridized carbons (Fsp3) is 0.512. The standard InChI is InChI=1S/C41H50N2O4/c1-29(44)28-42-26-24-41-33-21-22-34(40(41)47-39-36(46-2)23-20-32(38(39)41)27-35(33)42)43(25-12-18-31-16-8-4-9-17-31)37(45)19-11-5-10-15-30-13-6-3-7-14-30/h3-4,6-9,13-14,16-17,20,23,33-35,40H,5,10-12,15,18-19,21-22,24-28H2,1-2H3/t33-,34+,35+,40-,41-/m0/s1. The molecule has 0 N–H and O–H groups in total. The zero-order chi connectivity index (χ0) is 32.4. The number of benzene rings is 3. The minimum absolute atomic E-state index is 0.0157. The molecule has 2 bridgehead atoms. The summed E-state index contributed by atoms with van der Waals surface area (Å²) < 4.78 is 13.0. The molecule has 1 amide bonds. The minimum atomic E-state index is -0.161. The van der Waals surface area contributed by atoms with Crippen molar-refractivity contribution in [3.63, 3.8) is 0 Å².